The molecular formula is C8H9N2-. The Morgan fingerprint density at radius 1 is 1.40 bits per heavy atom. The molecule has 0 atom stereocenters. The van der Waals surface area contributed by atoms with Gasteiger partial charge in [0.15, 0.2) is 0 Å². The molecule has 0 saturated heterocycles. The van der Waals surface area contributed by atoms with Crippen molar-refractivity contribution in [2.45, 2.75) is 12.8 Å². The van der Waals surface area contributed by atoms with E-state index in [1.165, 1.54) is 11.3 Å². The van der Waals surface area contributed by atoms with Gasteiger partial charge in [0, 0.05) is 5.70 Å². The Hall–Kier alpha value is -1.18. The van der Waals surface area contributed by atoms with Gasteiger partial charge in [-0.3, -0.25) is 0 Å². The Morgan fingerprint density at radius 3 is 3.20 bits per heavy atom. The standard InChI is InChI=1S/C8H9N2/c9-7-1-2-8-6(5-7)3-4-10-8/h3-5H,1-2,9H2/q-1. The molecular weight excluding hydrogens is 124 g/mol. The highest BCUT2D eigenvalue weighted by molar-refractivity contribution is 5.57. The molecule has 1 aromatic rings. The van der Waals surface area contributed by atoms with Crippen LogP contribution < -0.4 is 10.7 Å². The van der Waals surface area contributed by atoms with Gasteiger partial charge >= 0.3 is 0 Å². The zero-order valence-electron chi connectivity index (χ0n) is 5.67. The van der Waals surface area contributed by atoms with Crippen LogP contribution >= 0.6 is 0 Å². The Labute approximate surface area is 59.7 Å². The average molecular weight is 133 g/mol. The van der Waals surface area contributed by atoms with E-state index in [0.717, 1.165) is 18.5 Å². The predicted octanol–water partition coefficient (Wildman–Crippen LogP) is 0.890. The molecule has 2 N–H and O–H groups in total. The maximum absolute atomic E-state index is 5.64. The molecule has 0 unspecified atom stereocenters. The Bertz CT molecular complexity index is 271. The summed E-state index contributed by atoms with van der Waals surface area (Å²) in [5.41, 5.74) is 9.00. The molecule has 52 valence electrons. The molecule has 2 rings (SSSR count). The van der Waals surface area contributed by atoms with Gasteiger partial charge in [-0.1, -0.05) is 6.07 Å². The van der Waals surface area contributed by atoms with E-state index in [1.807, 2.05) is 18.3 Å². The largest absolute Gasteiger partial charge is 0.667 e. The molecule has 0 saturated carbocycles. The van der Waals surface area contributed by atoms with Gasteiger partial charge in [0.25, 0.3) is 0 Å². The maximum Gasteiger partial charge on any atom is 0.00885 e. The summed E-state index contributed by atoms with van der Waals surface area (Å²) < 4.78 is 0. The third-order valence-electron chi connectivity index (χ3n) is 1.81. The van der Waals surface area contributed by atoms with E-state index in [9.17, 15) is 0 Å². The lowest BCUT2D eigenvalue weighted by molar-refractivity contribution is 0.882. The van der Waals surface area contributed by atoms with Crippen LogP contribution in [0.15, 0.2) is 18.0 Å². The van der Waals surface area contributed by atoms with E-state index < -0.39 is 0 Å². The number of fused-ring (bicyclic) bond motifs is 1. The number of nitrogens with zero attached hydrogens (tertiary/aromatic N) is 1. The van der Waals surface area contributed by atoms with Crippen LogP contribution in [0, 0.1) is 0 Å². The fraction of sp³-hybridized carbons (Fsp3) is 0.250. The van der Waals surface area contributed by atoms with Gasteiger partial charge in [0.05, 0.1) is 0 Å². The molecule has 10 heavy (non-hydrogen) atoms. The summed E-state index contributed by atoms with van der Waals surface area (Å²) in [5.74, 6) is 0. The first-order valence-electron chi connectivity index (χ1n) is 3.43. The molecule has 1 aliphatic rings. The van der Waals surface area contributed by atoms with Gasteiger partial charge in [-0.15, -0.1) is 0 Å². The second-order valence-electron chi connectivity index (χ2n) is 2.57. The topological polar surface area (TPSA) is 40.1 Å². The number of aryl methyl sites for hydroxylation is 1. The van der Waals surface area contributed by atoms with Gasteiger partial charge in [-0.25, -0.2) is 0 Å². The lowest BCUT2D eigenvalue weighted by Gasteiger charge is -2.14. The van der Waals surface area contributed by atoms with Crippen molar-refractivity contribution < 1.29 is 0 Å². The SMILES string of the molecule is NC1=Cc2cc[n-]c2CC1. The summed E-state index contributed by atoms with van der Waals surface area (Å²) in [4.78, 5) is 4.19. The highest BCUT2D eigenvalue weighted by Crippen LogP contribution is 2.18. The van der Waals surface area contributed by atoms with Crippen LogP contribution in [0.5, 0.6) is 0 Å². The van der Waals surface area contributed by atoms with Gasteiger partial charge in [0.2, 0.25) is 0 Å². The number of nitrogens with two attached hydrogens (primary N) is 1. The van der Waals surface area contributed by atoms with E-state index in [0.29, 0.717) is 0 Å². The molecule has 0 spiro atoms. The van der Waals surface area contributed by atoms with Crippen molar-refractivity contribution in [3.63, 3.8) is 0 Å². The zero-order valence-corrected chi connectivity index (χ0v) is 5.67. The lowest BCUT2D eigenvalue weighted by atomic mass is 10.0. The number of rotatable bonds is 0. The molecule has 1 heterocycles. The summed E-state index contributed by atoms with van der Waals surface area (Å²) in [5, 5.41) is 0. The molecule has 1 aromatic heterocycles. The van der Waals surface area contributed by atoms with Crippen LogP contribution in [0.2, 0.25) is 0 Å². The first-order valence-corrected chi connectivity index (χ1v) is 3.43. The monoisotopic (exact) mass is 133 g/mol. The number of aromatic nitrogens is 1. The normalized spacial score (nSPS) is 16.2. The first kappa shape index (κ1) is 5.59. The molecule has 0 fully saturated rings. The molecule has 0 bridgehead atoms. The van der Waals surface area contributed by atoms with Crippen molar-refractivity contribution in [1.29, 1.82) is 0 Å². The molecule has 0 aliphatic heterocycles. The molecule has 0 radical (unpaired) electrons. The number of allylic oxidation sites excluding steroid dienone is 1. The van der Waals surface area contributed by atoms with Crippen molar-refractivity contribution in [3.8, 4) is 0 Å². The van der Waals surface area contributed by atoms with Gasteiger partial charge in [0.1, 0.15) is 0 Å². The fourth-order valence-electron chi connectivity index (χ4n) is 1.25. The third-order valence-corrected chi connectivity index (χ3v) is 1.81. The van der Waals surface area contributed by atoms with Crippen LogP contribution in [-0.2, 0) is 6.42 Å². The quantitative estimate of drug-likeness (QED) is 0.571. The van der Waals surface area contributed by atoms with E-state index in [1.54, 1.807) is 0 Å². The van der Waals surface area contributed by atoms with Crippen molar-refractivity contribution in [2.24, 2.45) is 5.73 Å². The minimum atomic E-state index is 0.962. The van der Waals surface area contributed by atoms with Crippen LogP contribution in [0.1, 0.15) is 17.7 Å². The van der Waals surface area contributed by atoms with E-state index >= 15 is 0 Å². The summed E-state index contributed by atoms with van der Waals surface area (Å²) >= 11 is 0. The molecule has 2 heteroatoms. The Kier molecular flexibility index (Phi) is 1.07. The summed E-state index contributed by atoms with van der Waals surface area (Å²) in [6, 6.07) is 2.00. The highest BCUT2D eigenvalue weighted by atomic mass is 14.7. The van der Waals surface area contributed by atoms with E-state index in [-0.39, 0.29) is 0 Å². The smallest absolute Gasteiger partial charge is 0.00885 e. The van der Waals surface area contributed by atoms with Crippen molar-refractivity contribution >= 4 is 6.08 Å². The second kappa shape index (κ2) is 1.90. The molecule has 0 aromatic carbocycles. The van der Waals surface area contributed by atoms with Crippen LogP contribution in [-0.4, -0.2) is 0 Å². The number of hydrogen-bond acceptors (Lipinski definition) is 1. The second-order valence-corrected chi connectivity index (χ2v) is 2.57. The summed E-state index contributed by atoms with van der Waals surface area (Å²) in [6.45, 7) is 0. The first-order chi connectivity index (χ1) is 4.86. The van der Waals surface area contributed by atoms with Crippen molar-refractivity contribution in [2.75, 3.05) is 0 Å². The lowest BCUT2D eigenvalue weighted by Crippen LogP contribution is -2.04. The van der Waals surface area contributed by atoms with Crippen LogP contribution in [0.3, 0.4) is 0 Å². The van der Waals surface area contributed by atoms with Gasteiger partial charge in [-0.2, -0.15) is 11.9 Å². The minimum Gasteiger partial charge on any atom is -0.667 e. The highest BCUT2D eigenvalue weighted by Gasteiger charge is 2.01. The van der Waals surface area contributed by atoms with E-state index in [4.69, 9.17) is 5.73 Å². The van der Waals surface area contributed by atoms with Crippen molar-refractivity contribution in [3.05, 3.63) is 29.2 Å². The number of hydrogen-bond donors (Lipinski definition) is 1. The molecule has 2 nitrogen and oxygen atoms in total. The molecule has 0 amide bonds. The minimum absolute atomic E-state index is 0.962. The summed E-state index contributed by atoms with van der Waals surface area (Å²) in [7, 11) is 0. The van der Waals surface area contributed by atoms with Crippen LogP contribution in [0.25, 0.3) is 6.08 Å². The van der Waals surface area contributed by atoms with Crippen LogP contribution in [0.4, 0.5) is 0 Å². The van der Waals surface area contributed by atoms with Crippen molar-refractivity contribution in [1.82, 2.24) is 4.98 Å². The third kappa shape index (κ3) is 0.727. The predicted molar refractivity (Wildman–Crippen MR) is 40.2 cm³/mol. The van der Waals surface area contributed by atoms with Gasteiger partial charge in [-0.05, 0) is 24.5 Å². The summed E-state index contributed by atoms with van der Waals surface area (Å²) in [6.07, 6.45) is 5.81. The Morgan fingerprint density at radius 2 is 2.30 bits per heavy atom. The van der Waals surface area contributed by atoms with E-state index in [2.05, 4.69) is 4.98 Å². The average Bonchev–Trinajstić information content (AvgIpc) is 2.33. The molecule has 1 aliphatic carbocycles. The fourth-order valence-corrected chi connectivity index (χ4v) is 1.25. The van der Waals surface area contributed by atoms with Gasteiger partial charge < -0.3 is 10.7 Å². The maximum atomic E-state index is 5.64. The Balaban J connectivity index is 2.50. The zero-order chi connectivity index (χ0) is 6.97.